The van der Waals surface area contributed by atoms with E-state index in [0.717, 1.165) is 40.5 Å². The number of nitrogens with one attached hydrogen (secondary N) is 2. The zero-order valence-electron chi connectivity index (χ0n) is 11.6. The number of nitrogens with zero attached hydrogens (tertiary/aromatic N) is 1. The lowest BCUT2D eigenvalue weighted by Crippen LogP contribution is -2.03. The summed E-state index contributed by atoms with van der Waals surface area (Å²) in [6.45, 7) is 3.05. The molecular weight excluding hydrogens is 318 g/mol. The summed E-state index contributed by atoms with van der Waals surface area (Å²) in [5.41, 5.74) is 0.956. The Morgan fingerprint density at radius 1 is 1.20 bits per heavy atom. The first-order valence-electron chi connectivity index (χ1n) is 6.54. The van der Waals surface area contributed by atoms with Gasteiger partial charge in [-0.2, -0.15) is 0 Å². The average molecular weight is 336 g/mol. The molecule has 2 N–H and O–H groups in total. The summed E-state index contributed by atoms with van der Waals surface area (Å²) in [5.74, 6) is 2.49. The van der Waals surface area contributed by atoms with Gasteiger partial charge in [0.2, 0.25) is 0 Å². The number of rotatable bonds is 6. The Hall–Kier alpha value is -1.75. The van der Waals surface area contributed by atoms with E-state index in [1.165, 1.54) is 0 Å². The molecule has 0 unspecified atom stereocenters. The van der Waals surface area contributed by atoms with Gasteiger partial charge < -0.3 is 15.4 Å². The second-order valence-corrected chi connectivity index (χ2v) is 5.16. The fourth-order valence-corrected chi connectivity index (χ4v) is 2.29. The molecule has 0 aliphatic rings. The molecule has 1 heterocycles. The molecule has 0 saturated carbocycles. The number of hydrogen-bond acceptors (Lipinski definition) is 4. The van der Waals surface area contributed by atoms with E-state index in [1.807, 2.05) is 36.4 Å². The molecule has 1 aromatic carbocycles. The molecular formula is C15H18BrN3O. The van der Waals surface area contributed by atoms with Crippen LogP contribution in [0.5, 0.6) is 5.75 Å². The number of aromatic nitrogens is 1. The van der Waals surface area contributed by atoms with E-state index in [4.69, 9.17) is 4.74 Å². The minimum Gasteiger partial charge on any atom is -0.496 e. The molecule has 0 atom stereocenters. The van der Waals surface area contributed by atoms with Gasteiger partial charge in [-0.05, 0) is 52.7 Å². The molecule has 0 radical (unpaired) electrons. The molecule has 2 rings (SSSR count). The Morgan fingerprint density at radius 3 is 2.70 bits per heavy atom. The molecule has 106 valence electrons. The van der Waals surface area contributed by atoms with Crippen molar-refractivity contribution in [2.75, 3.05) is 24.3 Å². The van der Waals surface area contributed by atoms with E-state index in [2.05, 4.69) is 38.5 Å². The third-order valence-electron chi connectivity index (χ3n) is 2.73. The third-order valence-corrected chi connectivity index (χ3v) is 3.35. The summed E-state index contributed by atoms with van der Waals surface area (Å²) < 4.78 is 6.12. The SMILES string of the molecule is CCCNc1cccc(Nc2ccc(OC)c(Br)c2)n1. The van der Waals surface area contributed by atoms with Gasteiger partial charge in [-0.1, -0.05) is 13.0 Å². The minimum absolute atomic E-state index is 0.807. The maximum atomic E-state index is 5.21. The van der Waals surface area contributed by atoms with Gasteiger partial charge in [-0.15, -0.1) is 0 Å². The summed E-state index contributed by atoms with van der Waals surface area (Å²) in [4.78, 5) is 4.51. The van der Waals surface area contributed by atoms with Gasteiger partial charge in [0.15, 0.2) is 0 Å². The maximum absolute atomic E-state index is 5.21. The highest BCUT2D eigenvalue weighted by Crippen LogP contribution is 2.29. The van der Waals surface area contributed by atoms with Gasteiger partial charge in [0.1, 0.15) is 17.4 Å². The van der Waals surface area contributed by atoms with Crippen LogP contribution in [0.1, 0.15) is 13.3 Å². The van der Waals surface area contributed by atoms with Gasteiger partial charge in [0.05, 0.1) is 11.6 Å². The smallest absolute Gasteiger partial charge is 0.133 e. The summed E-state index contributed by atoms with van der Waals surface area (Å²) in [7, 11) is 1.65. The lowest BCUT2D eigenvalue weighted by molar-refractivity contribution is 0.412. The number of benzene rings is 1. The summed E-state index contributed by atoms with van der Waals surface area (Å²) in [6, 6.07) is 11.7. The van der Waals surface area contributed by atoms with Crippen molar-refractivity contribution in [2.45, 2.75) is 13.3 Å². The minimum atomic E-state index is 0.807. The number of pyridine rings is 1. The van der Waals surface area contributed by atoms with Crippen LogP contribution in [0.4, 0.5) is 17.3 Å². The fourth-order valence-electron chi connectivity index (χ4n) is 1.75. The largest absolute Gasteiger partial charge is 0.496 e. The number of halogens is 1. The second-order valence-electron chi connectivity index (χ2n) is 4.31. The summed E-state index contributed by atoms with van der Waals surface area (Å²) >= 11 is 3.47. The quantitative estimate of drug-likeness (QED) is 0.820. The van der Waals surface area contributed by atoms with Gasteiger partial charge in [0.25, 0.3) is 0 Å². The Balaban J connectivity index is 2.11. The van der Waals surface area contributed by atoms with Crippen molar-refractivity contribution in [1.82, 2.24) is 4.98 Å². The summed E-state index contributed by atoms with van der Waals surface area (Å²) in [5, 5.41) is 6.55. The van der Waals surface area contributed by atoms with Crippen molar-refractivity contribution in [3.05, 3.63) is 40.9 Å². The molecule has 4 nitrogen and oxygen atoms in total. The third kappa shape index (κ3) is 3.87. The predicted molar refractivity (Wildman–Crippen MR) is 87.0 cm³/mol. The molecule has 0 bridgehead atoms. The zero-order chi connectivity index (χ0) is 14.4. The van der Waals surface area contributed by atoms with E-state index < -0.39 is 0 Å². The van der Waals surface area contributed by atoms with E-state index in [9.17, 15) is 0 Å². The van der Waals surface area contributed by atoms with E-state index in [-0.39, 0.29) is 0 Å². The molecule has 20 heavy (non-hydrogen) atoms. The number of hydrogen-bond donors (Lipinski definition) is 2. The van der Waals surface area contributed by atoms with Crippen molar-refractivity contribution in [3.8, 4) is 5.75 Å². The Kier molecular flexibility index (Phi) is 5.24. The lowest BCUT2D eigenvalue weighted by Gasteiger charge is -2.10. The van der Waals surface area contributed by atoms with Gasteiger partial charge >= 0.3 is 0 Å². The molecule has 1 aromatic heterocycles. The van der Waals surface area contributed by atoms with Crippen LogP contribution in [-0.4, -0.2) is 18.6 Å². The van der Waals surface area contributed by atoms with E-state index >= 15 is 0 Å². The van der Waals surface area contributed by atoms with Crippen molar-refractivity contribution < 1.29 is 4.74 Å². The van der Waals surface area contributed by atoms with Crippen LogP contribution < -0.4 is 15.4 Å². The van der Waals surface area contributed by atoms with Gasteiger partial charge in [-0.25, -0.2) is 4.98 Å². The van der Waals surface area contributed by atoms with Crippen LogP contribution in [0.15, 0.2) is 40.9 Å². The zero-order valence-corrected chi connectivity index (χ0v) is 13.2. The van der Waals surface area contributed by atoms with Crippen molar-refractivity contribution in [1.29, 1.82) is 0 Å². The molecule has 0 amide bonds. The highest BCUT2D eigenvalue weighted by molar-refractivity contribution is 9.10. The lowest BCUT2D eigenvalue weighted by atomic mass is 10.3. The van der Waals surface area contributed by atoms with Crippen LogP contribution in [0.2, 0.25) is 0 Å². The number of anilines is 3. The highest BCUT2D eigenvalue weighted by Gasteiger charge is 2.03. The number of methoxy groups -OCH3 is 1. The first-order valence-corrected chi connectivity index (χ1v) is 7.33. The van der Waals surface area contributed by atoms with Crippen LogP contribution in [0.25, 0.3) is 0 Å². The molecule has 0 aliphatic heterocycles. The van der Waals surface area contributed by atoms with E-state index in [1.54, 1.807) is 7.11 Å². The average Bonchev–Trinajstić information content (AvgIpc) is 2.46. The molecule has 0 spiro atoms. The van der Waals surface area contributed by atoms with Crippen molar-refractivity contribution in [3.63, 3.8) is 0 Å². The molecule has 2 aromatic rings. The van der Waals surface area contributed by atoms with Crippen LogP contribution in [0, 0.1) is 0 Å². The topological polar surface area (TPSA) is 46.2 Å². The number of ether oxygens (including phenoxy) is 1. The van der Waals surface area contributed by atoms with Gasteiger partial charge in [0, 0.05) is 12.2 Å². The Morgan fingerprint density at radius 2 is 2.00 bits per heavy atom. The Labute approximate surface area is 127 Å². The first-order chi connectivity index (χ1) is 9.72. The molecule has 0 saturated heterocycles. The second kappa shape index (κ2) is 7.14. The van der Waals surface area contributed by atoms with Crippen LogP contribution >= 0.6 is 15.9 Å². The van der Waals surface area contributed by atoms with Crippen molar-refractivity contribution >= 4 is 33.3 Å². The summed E-state index contributed by atoms with van der Waals surface area (Å²) in [6.07, 6.45) is 1.07. The van der Waals surface area contributed by atoms with Crippen LogP contribution in [0.3, 0.4) is 0 Å². The molecule has 0 fully saturated rings. The monoisotopic (exact) mass is 335 g/mol. The predicted octanol–water partition coefficient (Wildman–Crippen LogP) is 4.42. The van der Waals surface area contributed by atoms with Crippen LogP contribution in [-0.2, 0) is 0 Å². The highest BCUT2D eigenvalue weighted by atomic mass is 79.9. The first kappa shape index (κ1) is 14.7. The standard InChI is InChI=1S/C15H18BrN3O/c1-3-9-17-14-5-4-6-15(19-14)18-11-7-8-13(20-2)12(16)10-11/h4-8,10H,3,9H2,1-2H3,(H2,17,18,19). The Bertz CT molecular complexity index is 575. The molecule has 0 aliphatic carbocycles. The molecule has 5 heteroatoms. The van der Waals surface area contributed by atoms with Gasteiger partial charge in [-0.3, -0.25) is 0 Å². The van der Waals surface area contributed by atoms with Crippen molar-refractivity contribution in [2.24, 2.45) is 0 Å². The maximum Gasteiger partial charge on any atom is 0.133 e. The van der Waals surface area contributed by atoms with E-state index in [0.29, 0.717) is 0 Å². The fraction of sp³-hybridized carbons (Fsp3) is 0.267. The normalized spacial score (nSPS) is 10.2.